The summed E-state index contributed by atoms with van der Waals surface area (Å²) in [6, 6.07) is 7.02. The second-order valence-electron chi connectivity index (χ2n) is 5.83. The lowest BCUT2D eigenvalue weighted by molar-refractivity contribution is -0.143. The zero-order chi connectivity index (χ0) is 17.3. The molecule has 1 fully saturated rings. The van der Waals surface area contributed by atoms with Crippen LogP contribution in [0.1, 0.15) is 29.0 Å². The monoisotopic (exact) mass is 348 g/mol. The number of carbonyl (C=O) groups excluding carboxylic acids is 1. The van der Waals surface area contributed by atoms with Crippen molar-refractivity contribution in [2.24, 2.45) is 5.92 Å². The van der Waals surface area contributed by atoms with Crippen LogP contribution < -0.4 is 0 Å². The highest BCUT2D eigenvalue weighted by Gasteiger charge is 2.30. The van der Waals surface area contributed by atoms with E-state index in [2.05, 4.69) is 10.2 Å². The van der Waals surface area contributed by atoms with Crippen molar-refractivity contribution in [2.75, 3.05) is 13.1 Å². The fraction of sp³-hybridized carbons (Fsp3) is 0.375. The number of hydrogen-bond acceptors (Lipinski definition) is 4. The van der Waals surface area contributed by atoms with E-state index in [-0.39, 0.29) is 18.1 Å². The lowest BCUT2D eigenvalue weighted by Crippen LogP contribution is -2.42. The lowest BCUT2D eigenvalue weighted by Gasteiger charge is -2.30. The van der Waals surface area contributed by atoms with Gasteiger partial charge in [0.1, 0.15) is 0 Å². The molecule has 1 saturated heterocycles. The molecule has 0 saturated carbocycles. The smallest absolute Gasteiger partial charge is 0.308 e. The number of carbonyl (C=O) groups is 2. The van der Waals surface area contributed by atoms with E-state index in [4.69, 9.17) is 16.7 Å². The number of carboxylic acid groups (broad SMARTS) is 1. The number of aryl methyl sites for hydroxylation is 1. The molecular weight excluding hydrogens is 332 g/mol. The first-order valence-corrected chi connectivity index (χ1v) is 8.05. The van der Waals surface area contributed by atoms with Gasteiger partial charge in [0.2, 0.25) is 0 Å². The van der Waals surface area contributed by atoms with Gasteiger partial charge in [0.05, 0.1) is 17.3 Å². The molecule has 1 aliphatic rings. The number of piperidine rings is 1. The summed E-state index contributed by atoms with van der Waals surface area (Å²) in [6.45, 7) is 2.45. The Bertz CT molecular complexity index is 789. The number of aromatic nitrogens is 3. The Balaban J connectivity index is 1.84. The minimum absolute atomic E-state index is 0.206. The third kappa shape index (κ3) is 3.26. The fourth-order valence-corrected chi connectivity index (χ4v) is 2.99. The highest BCUT2D eigenvalue weighted by atomic mass is 35.5. The van der Waals surface area contributed by atoms with E-state index in [1.54, 1.807) is 36.1 Å². The predicted octanol–water partition coefficient (Wildman–Crippen LogP) is 2.17. The van der Waals surface area contributed by atoms with Crippen LogP contribution in [-0.2, 0) is 4.79 Å². The van der Waals surface area contributed by atoms with Gasteiger partial charge in [-0.25, -0.2) is 0 Å². The van der Waals surface area contributed by atoms with Crippen LogP contribution in [0.5, 0.6) is 0 Å². The molecular formula is C16H17ClN4O3. The molecule has 1 aliphatic heterocycles. The Morgan fingerprint density at radius 3 is 2.83 bits per heavy atom. The molecule has 0 aliphatic carbocycles. The second kappa shape index (κ2) is 6.60. The summed E-state index contributed by atoms with van der Waals surface area (Å²) in [5.74, 6) is -1.68. The highest BCUT2D eigenvalue weighted by molar-refractivity contribution is 6.30. The van der Waals surface area contributed by atoms with Gasteiger partial charge in [-0.3, -0.25) is 9.59 Å². The number of benzene rings is 1. The van der Waals surface area contributed by atoms with Gasteiger partial charge < -0.3 is 10.0 Å². The van der Waals surface area contributed by atoms with E-state index in [1.165, 1.54) is 4.80 Å². The lowest BCUT2D eigenvalue weighted by atomic mass is 9.98. The first kappa shape index (κ1) is 16.4. The van der Waals surface area contributed by atoms with E-state index in [0.717, 1.165) is 0 Å². The molecule has 7 nitrogen and oxygen atoms in total. The topological polar surface area (TPSA) is 88.3 Å². The average molecular weight is 349 g/mol. The number of halogens is 1. The van der Waals surface area contributed by atoms with Crippen molar-refractivity contribution in [1.29, 1.82) is 0 Å². The zero-order valence-corrected chi connectivity index (χ0v) is 13.9. The average Bonchev–Trinajstić information content (AvgIpc) is 2.96. The first-order valence-electron chi connectivity index (χ1n) is 7.67. The van der Waals surface area contributed by atoms with Crippen molar-refractivity contribution in [3.8, 4) is 5.69 Å². The summed E-state index contributed by atoms with van der Waals surface area (Å²) >= 11 is 5.97. The van der Waals surface area contributed by atoms with Gasteiger partial charge in [-0.2, -0.15) is 9.90 Å². The van der Waals surface area contributed by atoms with E-state index in [0.29, 0.717) is 35.8 Å². The molecule has 126 valence electrons. The second-order valence-corrected chi connectivity index (χ2v) is 6.27. The van der Waals surface area contributed by atoms with Gasteiger partial charge in [0.15, 0.2) is 5.69 Å². The van der Waals surface area contributed by atoms with Crippen LogP contribution in [0.4, 0.5) is 0 Å². The number of likely N-dealkylation sites (tertiary alicyclic amines) is 1. The van der Waals surface area contributed by atoms with E-state index < -0.39 is 11.9 Å². The molecule has 1 N–H and O–H groups in total. The number of aliphatic carboxylic acids is 1. The normalized spacial score (nSPS) is 17.8. The van der Waals surface area contributed by atoms with Crippen molar-refractivity contribution in [3.05, 3.63) is 40.7 Å². The van der Waals surface area contributed by atoms with Gasteiger partial charge in [-0.05, 0) is 38.0 Å². The van der Waals surface area contributed by atoms with Crippen molar-refractivity contribution >= 4 is 23.5 Å². The largest absolute Gasteiger partial charge is 0.481 e. The highest BCUT2D eigenvalue weighted by Crippen LogP contribution is 2.20. The third-order valence-electron chi connectivity index (χ3n) is 4.08. The van der Waals surface area contributed by atoms with Gasteiger partial charge >= 0.3 is 5.97 Å². The number of hydrogen-bond donors (Lipinski definition) is 1. The van der Waals surface area contributed by atoms with Crippen molar-refractivity contribution in [2.45, 2.75) is 19.8 Å². The third-order valence-corrected chi connectivity index (χ3v) is 4.32. The minimum atomic E-state index is -0.869. The first-order chi connectivity index (χ1) is 11.5. The quantitative estimate of drug-likeness (QED) is 0.918. The number of rotatable bonds is 3. The molecule has 1 aromatic heterocycles. The van der Waals surface area contributed by atoms with Gasteiger partial charge in [0.25, 0.3) is 5.91 Å². The van der Waals surface area contributed by atoms with Crippen molar-refractivity contribution in [3.63, 3.8) is 0 Å². The number of amides is 1. The van der Waals surface area contributed by atoms with Crippen molar-refractivity contribution in [1.82, 2.24) is 19.9 Å². The summed E-state index contributed by atoms with van der Waals surface area (Å²) in [6.07, 6.45) is 1.26. The maximum Gasteiger partial charge on any atom is 0.308 e. The molecule has 1 atom stereocenters. The minimum Gasteiger partial charge on any atom is -0.481 e. The standard InChI is InChI=1S/C16H17ClN4O3/c1-10-14(15(22)20-7-3-4-11(9-20)16(23)24)19-21(18-10)13-6-2-5-12(17)8-13/h2,5-6,8,11H,3-4,7,9H2,1H3,(H,23,24). The van der Waals surface area contributed by atoms with E-state index in [1.807, 2.05) is 0 Å². The van der Waals surface area contributed by atoms with Crippen LogP contribution in [0.2, 0.25) is 5.02 Å². The van der Waals surface area contributed by atoms with Crippen LogP contribution in [-0.4, -0.2) is 50.0 Å². The molecule has 1 unspecified atom stereocenters. The zero-order valence-electron chi connectivity index (χ0n) is 13.1. The Morgan fingerprint density at radius 1 is 1.33 bits per heavy atom. The Hall–Kier alpha value is -2.41. The van der Waals surface area contributed by atoms with E-state index in [9.17, 15) is 9.59 Å². The Kier molecular flexibility index (Phi) is 4.53. The molecule has 0 bridgehead atoms. The summed E-state index contributed by atoms with van der Waals surface area (Å²) in [7, 11) is 0. The molecule has 1 amide bonds. The maximum absolute atomic E-state index is 12.7. The molecule has 1 aromatic carbocycles. The van der Waals surface area contributed by atoms with Crippen molar-refractivity contribution < 1.29 is 14.7 Å². The summed E-state index contributed by atoms with van der Waals surface area (Å²) < 4.78 is 0. The summed E-state index contributed by atoms with van der Waals surface area (Å²) in [5.41, 5.74) is 1.39. The fourth-order valence-electron chi connectivity index (χ4n) is 2.81. The number of nitrogens with zero attached hydrogens (tertiary/aromatic N) is 4. The number of carboxylic acids is 1. The van der Waals surface area contributed by atoms with Crippen LogP contribution in [0, 0.1) is 12.8 Å². The van der Waals surface area contributed by atoms with Gasteiger partial charge in [-0.15, -0.1) is 5.10 Å². The maximum atomic E-state index is 12.7. The van der Waals surface area contributed by atoms with Crippen LogP contribution in [0.15, 0.2) is 24.3 Å². The SMILES string of the molecule is Cc1nn(-c2cccc(Cl)c2)nc1C(=O)N1CCCC(C(=O)O)C1. The Labute approximate surface area is 143 Å². The molecule has 2 aromatic rings. The molecule has 0 spiro atoms. The van der Waals surface area contributed by atoms with E-state index >= 15 is 0 Å². The van der Waals surface area contributed by atoms with Gasteiger partial charge in [-0.1, -0.05) is 17.7 Å². The van der Waals surface area contributed by atoms with Gasteiger partial charge in [0, 0.05) is 18.1 Å². The van der Waals surface area contributed by atoms with Crippen LogP contribution in [0.25, 0.3) is 5.69 Å². The molecule has 2 heterocycles. The summed E-state index contributed by atoms with van der Waals surface area (Å²) in [5, 5.41) is 18.3. The molecule has 24 heavy (non-hydrogen) atoms. The van der Waals surface area contributed by atoms with Crippen LogP contribution in [0.3, 0.4) is 0 Å². The Morgan fingerprint density at radius 2 is 2.12 bits per heavy atom. The molecule has 8 heteroatoms. The molecule has 0 radical (unpaired) electrons. The summed E-state index contributed by atoms with van der Waals surface area (Å²) in [4.78, 5) is 26.8. The predicted molar refractivity (Wildman–Crippen MR) is 87.4 cm³/mol. The van der Waals surface area contributed by atoms with Crippen LogP contribution >= 0.6 is 11.6 Å². The molecule has 3 rings (SSSR count).